The van der Waals surface area contributed by atoms with Crippen LogP contribution < -0.4 is 10.1 Å². The van der Waals surface area contributed by atoms with Gasteiger partial charge in [-0.3, -0.25) is 0 Å². The van der Waals surface area contributed by atoms with Crippen molar-refractivity contribution in [2.45, 2.75) is 27.3 Å². The average Bonchev–Trinajstić information content (AvgIpc) is 2.48. The van der Waals surface area contributed by atoms with Gasteiger partial charge < -0.3 is 10.1 Å². The van der Waals surface area contributed by atoms with E-state index in [2.05, 4.69) is 20.0 Å². The summed E-state index contributed by atoms with van der Waals surface area (Å²) in [4.78, 5) is 7.79. The largest absolute Gasteiger partial charge is 0.422 e. The molecule has 2 heterocycles. The molecule has 5 heteroatoms. The van der Waals surface area contributed by atoms with Gasteiger partial charge in [0.2, 0.25) is 0 Å². The molecular weight excluding hydrogens is 173 g/mol. The van der Waals surface area contributed by atoms with E-state index in [4.69, 9.17) is 0 Å². The van der Waals surface area contributed by atoms with E-state index < -0.39 is 6.48 Å². The first-order valence-electron chi connectivity index (χ1n) is 4.16. The lowest BCUT2D eigenvalue weighted by Gasteiger charge is -1.94. The van der Waals surface area contributed by atoms with Gasteiger partial charge in [0.05, 0.1) is 11.9 Å². The SMILES string of the molecule is CC.Cc1cnc2c(n1)NC(F)O2. The molecular formula is C8H12FN3O. The Bertz CT molecular complexity index is 293. The van der Waals surface area contributed by atoms with E-state index in [0.717, 1.165) is 5.69 Å². The number of rotatable bonds is 0. The van der Waals surface area contributed by atoms with Gasteiger partial charge in [-0.15, -0.1) is 0 Å². The van der Waals surface area contributed by atoms with E-state index in [1.54, 1.807) is 6.92 Å². The molecule has 0 saturated carbocycles. The van der Waals surface area contributed by atoms with E-state index in [-0.39, 0.29) is 5.88 Å². The van der Waals surface area contributed by atoms with Gasteiger partial charge >= 0.3 is 6.48 Å². The number of hydrogen-bond donors (Lipinski definition) is 1. The van der Waals surface area contributed by atoms with E-state index in [1.165, 1.54) is 6.20 Å². The van der Waals surface area contributed by atoms with Crippen molar-refractivity contribution in [1.29, 1.82) is 0 Å². The highest BCUT2D eigenvalue weighted by atomic mass is 19.1. The number of fused-ring (bicyclic) bond motifs is 1. The highest BCUT2D eigenvalue weighted by molar-refractivity contribution is 5.49. The zero-order valence-electron chi connectivity index (χ0n) is 7.84. The van der Waals surface area contributed by atoms with Crippen molar-refractivity contribution < 1.29 is 9.13 Å². The van der Waals surface area contributed by atoms with Crippen LogP contribution in [-0.2, 0) is 0 Å². The Labute approximate surface area is 76.2 Å². The maximum atomic E-state index is 12.4. The van der Waals surface area contributed by atoms with E-state index in [1.807, 2.05) is 13.8 Å². The zero-order chi connectivity index (χ0) is 9.84. The number of nitrogens with one attached hydrogen (secondary N) is 1. The molecule has 0 amide bonds. The third-order valence-corrected chi connectivity index (χ3v) is 1.32. The normalized spacial score (nSPS) is 17.7. The third-order valence-electron chi connectivity index (χ3n) is 1.32. The summed E-state index contributed by atoms with van der Waals surface area (Å²) < 4.78 is 17.0. The summed E-state index contributed by atoms with van der Waals surface area (Å²) in [6.45, 7) is 4.27. The fourth-order valence-corrected chi connectivity index (χ4v) is 0.881. The average molecular weight is 185 g/mol. The lowest BCUT2D eigenvalue weighted by Crippen LogP contribution is -2.12. The van der Waals surface area contributed by atoms with E-state index in [9.17, 15) is 4.39 Å². The second-order valence-corrected chi connectivity index (χ2v) is 2.24. The topological polar surface area (TPSA) is 47.0 Å². The molecule has 1 atom stereocenters. The van der Waals surface area contributed by atoms with Crippen LogP contribution in [0.25, 0.3) is 0 Å². The van der Waals surface area contributed by atoms with Crippen LogP contribution in [0.3, 0.4) is 0 Å². The maximum absolute atomic E-state index is 12.4. The predicted molar refractivity (Wildman–Crippen MR) is 47.3 cm³/mol. The second-order valence-electron chi connectivity index (χ2n) is 2.24. The van der Waals surface area contributed by atoms with E-state index in [0.29, 0.717) is 5.82 Å². The Morgan fingerprint density at radius 3 is 2.92 bits per heavy atom. The lowest BCUT2D eigenvalue weighted by atomic mass is 10.5. The van der Waals surface area contributed by atoms with Crippen LogP contribution in [0.15, 0.2) is 6.20 Å². The Morgan fingerprint density at radius 1 is 1.54 bits per heavy atom. The number of anilines is 1. The van der Waals surface area contributed by atoms with Crippen molar-refractivity contribution in [1.82, 2.24) is 9.97 Å². The highest BCUT2D eigenvalue weighted by Gasteiger charge is 2.22. The molecule has 0 fully saturated rings. The van der Waals surface area contributed by atoms with Crippen LogP contribution in [0, 0.1) is 6.92 Å². The Morgan fingerprint density at radius 2 is 2.23 bits per heavy atom. The summed E-state index contributed by atoms with van der Waals surface area (Å²) in [5.41, 5.74) is 0.731. The summed E-state index contributed by atoms with van der Waals surface area (Å²) in [7, 11) is 0. The minimum atomic E-state index is -1.51. The maximum Gasteiger partial charge on any atom is 0.321 e. The van der Waals surface area contributed by atoms with Crippen molar-refractivity contribution in [2.75, 3.05) is 5.32 Å². The van der Waals surface area contributed by atoms with Crippen LogP contribution in [0.1, 0.15) is 19.5 Å². The molecule has 0 aliphatic carbocycles. The number of aromatic nitrogens is 2. The fraction of sp³-hybridized carbons (Fsp3) is 0.500. The van der Waals surface area contributed by atoms with Gasteiger partial charge in [-0.05, 0) is 6.92 Å². The first kappa shape index (κ1) is 9.70. The van der Waals surface area contributed by atoms with Crippen LogP contribution in [-0.4, -0.2) is 16.4 Å². The Kier molecular flexibility index (Phi) is 3.00. The van der Waals surface area contributed by atoms with Crippen LogP contribution in [0.4, 0.5) is 10.2 Å². The van der Waals surface area contributed by atoms with Crippen molar-refractivity contribution in [3.63, 3.8) is 0 Å². The standard InChI is InChI=1S/C6H6FN3O.C2H6/c1-3-2-8-5-4(9-3)10-6(7)11-5;1-2/h2,6H,1H3,(H,9,10);1-2H3. The highest BCUT2D eigenvalue weighted by Crippen LogP contribution is 2.26. The minimum absolute atomic E-state index is 0.225. The van der Waals surface area contributed by atoms with Gasteiger partial charge in [0.15, 0.2) is 5.82 Å². The van der Waals surface area contributed by atoms with Crippen molar-refractivity contribution in [3.8, 4) is 5.88 Å². The van der Waals surface area contributed by atoms with Gasteiger partial charge in [-0.1, -0.05) is 13.8 Å². The summed E-state index contributed by atoms with van der Waals surface area (Å²) in [6, 6.07) is 0. The second kappa shape index (κ2) is 4.02. The molecule has 1 N–H and O–H groups in total. The number of alkyl halides is 1. The first-order valence-corrected chi connectivity index (χ1v) is 4.16. The van der Waals surface area contributed by atoms with Crippen LogP contribution in [0.2, 0.25) is 0 Å². The molecule has 0 aromatic carbocycles. The molecule has 1 aromatic heterocycles. The van der Waals surface area contributed by atoms with Crippen molar-refractivity contribution in [3.05, 3.63) is 11.9 Å². The van der Waals surface area contributed by atoms with Gasteiger partial charge in [0.25, 0.3) is 5.88 Å². The van der Waals surface area contributed by atoms with Crippen LogP contribution >= 0.6 is 0 Å². The molecule has 4 nitrogen and oxygen atoms in total. The molecule has 1 aromatic rings. The molecule has 2 rings (SSSR count). The Balaban J connectivity index is 0.000000396. The molecule has 0 radical (unpaired) electrons. The lowest BCUT2D eigenvalue weighted by molar-refractivity contribution is 0.107. The minimum Gasteiger partial charge on any atom is -0.422 e. The predicted octanol–water partition coefficient (Wildman–Crippen LogP) is 1.87. The van der Waals surface area contributed by atoms with Crippen molar-refractivity contribution in [2.24, 2.45) is 0 Å². The molecule has 0 spiro atoms. The summed E-state index contributed by atoms with van der Waals surface area (Å²) in [6.07, 6.45) is 1.53. The first-order chi connectivity index (χ1) is 6.25. The Hall–Kier alpha value is -1.39. The quantitative estimate of drug-likeness (QED) is 0.627. The number of hydrogen-bond acceptors (Lipinski definition) is 4. The number of halogens is 1. The van der Waals surface area contributed by atoms with Crippen LogP contribution in [0.5, 0.6) is 5.88 Å². The number of ether oxygens (including phenoxy) is 1. The monoisotopic (exact) mass is 185 g/mol. The van der Waals surface area contributed by atoms with Gasteiger partial charge in [-0.2, -0.15) is 4.39 Å². The molecule has 1 aliphatic rings. The molecule has 72 valence electrons. The zero-order valence-corrected chi connectivity index (χ0v) is 7.84. The molecule has 0 bridgehead atoms. The molecule has 13 heavy (non-hydrogen) atoms. The number of nitrogens with zero attached hydrogens (tertiary/aromatic N) is 2. The molecule has 0 saturated heterocycles. The summed E-state index contributed by atoms with van der Waals surface area (Å²) in [5, 5.41) is 2.38. The summed E-state index contributed by atoms with van der Waals surface area (Å²) in [5.74, 6) is 0.598. The third kappa shape index (κ3) is 2.05. The molecule has 1 aliphatic heterocycles. The van der Waals surface area contributed by atoms with Gasteiger partial charge in [-0.25, -0.2) is 9.97 Å². The smallest absolute Gasteiger partial charge is 0.321 e. The fourth-order valence-electron chi connectivity index (χ4n) is 0.881. The summed E-state index contributed by atoms with van der Waals surface area (Å²) >= 11 is 0. The number of aryl methyl sites for hydroxylation is 1. The van der Waals surface area contributed by atoms with E-state index >= 15 is 0 Å². The van der Waals surface area contributed by atoms with Gasteiger partial charge in [0.1, 0.15) is 0 Å². The molecule has 1 unspecified atom stereocenters. The van der Waals surface area contributed by atoms with Gasteiger partial charge in [0, 0.05) is 0 Å². The van der Waals surface area contributed by atoms with Crippen molar-refractivity contribution >= 4 is 5.82 Å².